The Bertz CT molecular complexity index is 593. The Morgan fingerprint density at radius 2 is 2.22 bits per heavy atom. The zero-order chi connectivity index (χ0) is 16.5. The first kappa shape index (κ1) is 16.9. The van der Waals surface area contributed by atoms with Crippen LogP contribution in [0.2, 0.25) is 0 Å². The summed E-state index contributed by atoms with van der Waals surface area (Å²) < 4.78 is 30.8. The molecule has 6 nitrogen and oxygen atoms in total. The number of likely N-dealkylation sites (tertiary alicyclic amines) is 1. The van der Waals surface area contributed by atoms with Crippen molar-refractivity contribution < 1.29 is 17.9 Å². The summed E-state index contributed by atoms with van der Waals surface area (Å²) >= 11 is 0. The topological polar surface area (TPSA) is 75.7 Å². The van der Waals surface area contributed by atoms with Crippen LogP contribution in [0.15, 0.2) is 11.6 Å². The molecular formula is C16H26N2O4S. The number of nitrogens with one attached hydrogen (secondary N) is 1. The summed E-state index contributed by atoms with van der Waals surface area (Å²) in [5, 5.41) is 0. The number of allylic oxidation sites excluding steroid dienone is 1. The van der Waals surface area contributed by atoms with E-state index in [-0.39, 0.29) is 11.5 Å². The summed E-state index contributed by atoms with van der Waals surface area (Å²) in [6.45, 7) is 2.43. The Morgan fingerprint density at radius 3 is 2.87 bits per heavy atom. The Hall–Kier alpha value is -0.920. The van der Waals surface area contributed by atoms with Gasteiger partial charge in [0.15, 0.2) is 0 Å². The molecule has 2 aliphatic heterocycles. The Balaban J connectivity index is 1.53. The number of carbonyl (C=O) groups excluding carboxylic acids is 1. The second kappa shape index (κ2) is 6.53. The van der Waals surface area contributed by atoms with Gasteiger partial charge in [-0.05, 0) is 44.4 Å². The first-order chi connectivity index (χ1) is 10.9. The fourth-order valence-electron chi connectivity index (χ4n) is 3.94. The minimum Gasteiger partial charge on any atom is -0.371 e. The SMILES string of the molecule is CS(=O)(=O)NCCC1CCOC12CN(C(=O)C1=CCCCC1)C2. The lowest BCUT2D eigenvalue weighted by atomic mass is 9.78. The van der Waals surface area contributed by atoms with Crippen molar-refractivity contribution in [2.24, 2.45) is 5.92 Å². The number of carbonyl (C=O) groups is 1. The van der Waals surface area contributed by atoms with E-state index in [1.165, 1.54) is 12.7 Å². The van der Waals surface area contributed by atoms with Crippen molar-refractivity contribution >= 4 is 15.9 Å². The molecule has 1 unspecified atom stereocenters. The Morgan fingerprint density at radius 1 is 1.43 bits per heavy atom. The van der Waals surface area contributed by atoms with E-state index in [4.69, 9.17) is 4.74 Å². The zero-order valence-corrected chi connectivity index (χ0v) is 14.5. The highest BCUT2D eigenvalue weighted by Gasteiger charge is 2.54. The molecule has 0 aromatic heterocycles. The van der Waals surface area contributed by atoms with Crippen LogP contribution < -0.4 is 4.72 Å². The van der Waals surface area contributed by atoms with Crippen molar-refractivity contribution in [1.82, 2.24) is 9.62 Å². The molecular weight excluding hydrogens is 316 g/mol. The van der Waals surface area contributed by atoms with Crippen molar-refractivity contribution in [3.8, 4) is 0 Å². The molecule has 0 bridgehead atoms. The Labute approximate surface area is 138 Å². The molecule has 0 radical (unpaired) electrons. The summed E-state index contributed by atoms with van der Waals surface area (Å²) in [6, 6.07) is 0. The van der Waals surface area contributed by atoms with E-state index >= 15 is 0 Å². The second-order valence-corrected chi connectivity index (χ2v) is 8.82. The fourth-order valence-corrected chi connectivity index (χ4v) is 4.43. The quantitative estimate of drug-likeness (QED) is 0.810. The average Bonchev–Trinajstić information content (AvgIpc) is 2.88. The molecule has 1 aliphatic carbocycles. The minimum absolute atomic E-state index is 0.166. The average molecular weight is 342 g/mol. The van der Waals surface area contributed by atoms with Gasteiger partial charge in [0.05, 0.1) is 19.3 Å². The summed E-state index contributed by atoms with van der Waals surface area (Å²) in [6.07, 6.45) is 9.15. The van der Waals surface area contributed by atoms with Crippen LogP contribution in [0.1, 0.15) is 38.5 Å². The molecule has 1 amide bonds. The molecule has 23 heavy (non-hydrogen) atoms. The van der Waals surface area contributed by atoms with Gasteiger partial charge in [0.1, 0.15) is 5.60 Å². The summed E-state index contributed by atoms with van der Waals surface area (Å²) in [7, 11) is -3.14. The van der Waals surface area contributed by atoms with Gasteiger partial charge in [-0.1, -0.05) is 6.08 Å². The lowest BCUT2D eigenvalue weighted by Crippen LogP contribution is -2.66. The van der Waals surface area contributed by atoms with Crippen LogP contribution in [0.3, 0.4) is 0 Å². The van der Waals surface area contributed by atoms with Gasteiger partial charge in [-0.15, -0.1) is 0 Å². The molecule has 0 aromatic rings. The molecule has 2 heterocycles. The van der Waals surface area contributed by atoms with Crippen LogP contribution >= 0.6 is 0 Å². The van der Waals surface area contributed by atoms with E-state index in [0.29, 0.717) is 32.2 Å². The van der Waals surface area contributed by atoms with Crippen LogP contribution in [-0.4, -0.2) is 57.3 Å². The van der Waals surface area contributed by atoms with Crippen molar-refractivity contribution in [2.75, 3.05) is 32.5 Å². The van der Waals surface area contributed by atoms with Crippen LogP contribution in [0.25, 0.3) is 0 Å². The second-order valence-electron chi connectivity index (χ2n) is 6.99. The largest absolute Gasteiger partial charge is 0.371 e. The highest BCUT2D eigenvalue weighted by Crippen LogP contribution is 2.42. The van der Waals surface area contributed by atoms with E-state index in [9.17, 15) is 13.2 Å². The molecule has 3 rings (SSSR count). The molecule has 2 fully saturated rings. The van der Waals surface area contributed by atoms with E-state index in [2.05, 4.69) is 10.8 Å². The van der Waals surface area contributed by atoms with Crippen LogP contribution in [0, 0.1) is 5.92 Å². The summed E-state index contributed by atoms with van der Waals surface area (Å²) in [5.41, 5.74) is 0.712. The van der Waals surface area contributed by atoms with Gasteiger partial charge in [0, 0.05) is 18.7 Å². The number of ether oxygens (including phenoxy) is 1. The van der Waals surface area contributed by atoms with Crippen molar-refractivity contribution in [3.63, 3.8) is 0 Å². The third-order valence-corrected chi connectivity index (χ3v) is 5.96. The van der Waals surface area contributed by atoms with E-state index in [0.717, 1.165) is 37.7 Å². The van der Waals surface area contributed by atoms with Gasteiger partial charge in [0.25, 0.3) is 0 Å². The van der Waals surface area contributed by atoms with Crippen molar-refractivity contribution in [1.29, 1.82) is 0 Å². The maximum absolute atomic E-state index is 12.5. The summed E-state index contributed by atoms with van der Waals surface area (Å²) in [5.74, 6) is 0.486. The molecule has 0 saturated carbocycles. The molecule has 1 atom stereocenters. The lowest BCUT2D eigenvalue weighted by Gasteiger charge is -2.50. The van der Waals surface area contributed by atoms with Crippen molar-refractivity contribution in [2.45, 2.75) is 44.1 Å². The fraction of sp³-hybridized carbons (Fsp3) is 0.812. The minimum atomic E-state index is -3.14. The van der Waals surface area contributed by atoms with Gasteiger partial charge < -0.3 is 9.64 Å². The van der Waals surface area contributed by atoms with E-state index in [1.807, 2.05) is 4.90 Å². The number of sulfonamides is 1. The third-order valence-electron chi connectivity index (χ3n) is 5.23. The predicted octanol–water partition coefficient (Wildman–Crippen LogP) is 1.04. The molecule has 3 aliphatic rings. The lowest BCUT2D eigenvalue weighted by molar-refractivity contribution is -0.161. The molecule has 0 aromatic carbocycles. The molecule has 7 heteroatoms. The van der Waals surface area contributed by atoms with Gasteiger partial charge in [-0.2, -0.15) is 0 Å². The maximum atomic E-state index is 12.5. The van der Waals surface area contributed by atoms with Crippen molar-refractivity contribution in [3.05, 3.63) is 11.6 Å². The first-order valence-corrected chi connectivity index (χ1v) is 10.4. The Kier molecular flexibility index (Phi) is 4.80. The highest BCUT2D eigenvalue weighted by molar-refractivity contribution is 7.88. The zero-order valence-electron chi connectivity index (χ0n) is 13.7. The normalized spacial score (nSPS) is 26.9. The van der Waals surface area contributed by atoms with E-state index in [1.54, 1.807) is 0 Å². The monoisotopic (exact) mass is 342 g/mol. The van der Waals surface area contributed by atoms with Gasteiger partial charge in [0.2, 0.25) is 15.9 Å². The van der Waals surface area contributed by atoms with Crippen LogP contribution in [-0.2, 0) is 19.6 Å². The maximum Gasteiger partial charge on any atom is 0.249 e. The predicted molar refractivity (Wildman–Crippen MR) is 87.4 cm³/mol. The smallest absolute Gasteiger partial charge is 0.249 e. The van der Waals surface area contributed by atoms with Gasteiger partial charge >= 0.3 is 0 Å². The van der Waals surface area contributed by atoms with Gasteiger partial charge in [-0.25, -0.2) is 13.1 Å². The van der Waals surface area contributed by atoms with E-state index < -0.39 is 10.0 Å². The third kappa shape index (κ3) is 3.78. The first-order valence-electron chi connectivity index (χ1n) is 8.47. The standard InChI is InChI=1S/C16H26N2O4S/c1-23(20,21)17-9-7-14-8-10-22-16(14)11-18(12-16)15(19)13-5-3-2-4-6-13/h5,14,17H,2-4,6-12H2,1H3. The molecule has 1 N–H and O–H groups in total. The number of hydrogen-bond acceptors (Lipinski definition) is 4. The number of hydrogen-bond donors (Lipinski definition) is 1. The summed E-state index contributed by atoms with van der Waals surface area (Å²) in [4.78, 5) is 14.4. The van der Waals surface area contributed by atoms with Crippen LogP contribution in [0.4, 0.5) is 0 Å². The van der Waals surface area contributed by atoms with Gasteiger partial charge in [-0.3, -0.25) is 4.79 Å². The molecule has 1 spiro atoms. The highest BCUT2D eigenvalue weighted by atomic mass is 32.2. The number of nitrogens with zero attached hydrogens (tertiary/aromatic N) is 1. The molecule has 130 valence electrons. The molecule has 2 saturated heterocycles. The number of amides is 1. The number of rotatable bonds is 5. The van der Waals surface area contributed by atoms with Crippen LogP contribution in [0.5, 0.6) is 0 Å².